The van der Waals surface area contributed by atoms with E-state index in [4.69, 9.17) is 14.2 Å². The topological polar surface area (TPSA) is 98.2 Å². The Hall–Kier alpha value is -3.85. The Labute approximate surface area is 212 Å². The fourth-order valence-electron chi connectivity index (χ4n) is 3.02. The van der Waals surface area contributed by atoms with Gasteiger partial charge in [-0.15, -0.1) is 0 Å². The van der Waals surface area contributed by atoms with Crippen LogP contribution in [0.1, 0.15) is 27.0 Å². The van der Waals surface area contributed by atoms with Crippen LogP contribution >= 0.6 is 15.9 Å². The van der Waals surface area contributed by atoms with Crippen molar-refractivity contribution in [3.8, 4) is 17.2 Å². The lowest BCUT2D eigenvalue weighted by atomic mass is 10.2. The lowest BCUT2D eigenvalue weighted by Gasteiger charge is -2.10. The smallest absolute Gasteiger partial charge is 0.259 e. The second-order valence-electron chi connectivity index (χ2n) is 7.51. The molecule has 35 heavy (non-hydrogen) atoms. The van der Waals surface area contributed by atoms with Gasteiger partial charge in [0.1, 0.15) is 12.4 Å². The van der Waals surface area contributed by atoms with Gasteiger partial charge >= 0.3 is 0 Å². The fraction of sp³-hybridized carbons (Fsp3) is 0.192. The predicted octanol–water partition coefficient (Wildman–Crippen LogP) is 4.23. The van der Waals surface area contributed by atoms with Crippen LogP contribution in [0.3, 0.4) is 0 Å². The molecule has 3 aromatic carbocycles. The van der Waals surface area contributed by atoms with Crippen molar-refractivity contribution in [1.82, 2.24) is 10.7 Å². The standard InChI is InChI=1S/C26H26BrN3O5/c1-17-4-6-18(7-5-17)16-35-22-10-8-19(12-21(22)27)14-29-30-25(31)15-28-26(32)20-9-11-23(33-2)24(13-20)34-3/h4-14H,15-16H2,1-3H3,(H,28,32)(H,30,31). The van der Waals surface area contributed by atoms with E-state index < -0.39 is 11.8 Å². The lowest BCUT2D eigenvalue weighted by molar-refractivity contribution is -0.120. The number of ether oxygens (including phenoxy) is 3. The Bertz CT molecular complexity index is 1210. The molecule has 0 aliphatic heterocycles. The molecule has 8 nitrogen and oxygen atoms in total. The normalized spacial score (nSPS) is 10.6. The minimum Gasteiger partial charge on any atom is -0.493 e. The maximum absolute atomic E-state index is 12.3. The summed E-state index contributed by atoms with van der Waals surface area (Å²) in [6.45, 7) is 2.26. The minimum absolute atomic E-state index is 0.236. The van der Waals surface area contributed by atoms with Crippen molar-refractivity contribution in [2.24, 2.45) is 5.10 Å². The average molecular weight is 540 g/mol. The number of aryl methyl sites for hydroxylation is 1. The number of hydrazone groups is 1. The third-order valence-corrected chi connectivity index (χ3v) is 5.55. The van der Waals surface area contributed by atoms with Crippen molar-refractivity contribution >= 4 is 34.0 Å². The van der Waals surface area contributed by atoms with Crippen LogP contribution in [0.25, 0.3) is 0 Å². The number of carbonyl (C=O) groups excluding carboxylic acids is 2. The molecule has 0 aromatic heterocycles. The molecule has 0 radical (unpaired) electrons. The highest BCUT2D eigenvalue weighted by atomic mass is 79.9. The van der Waals surface area contributed by atoms with E-state index in [1.54, 1.807) is 12.1 Å². The van der Waals surface area contributed by atoms with Crippen LogP contribution in [0.4, 0.5) is 0 Å². The summed E-state index contributed by atoms with van der Waals surface area (Å²) in [6.07, 6.45) is 1.50. The van der Waals surface area contributed by atoms with Crippen LogP contribution in [-0.2, 0) is 11.4 Å². The van der Waals surface area contributed by atoms with Gasteiger partial charge in [0.05, 0.1) is 31.5 Å². The molecule has 182 valence electrons. The largest absolute Gasteiger partial charge is 0.493 e. The van der Waals surface area contributed by atoms with Gasteiger partial charge in [0, 0.05) is 5.56 Å². The molecule has 2 N–H and O–H groups in total. The van der Waals surface area contributed by atoms with E-state index in [9.17, 15) is 9.59 Å². The first kappa shape index (κ1) is 25.8. The molecule has 3 rings (SSSR count). The first-order valence-electron chi connectivity index (χ1n) is 10.7. The first-order valence-corrected chi connectivity index (χ1v) is 11.5. The number of hydrogen-bond donors (Lipinski definition) is 2. The minimum atomic E-state index is -0.466. The molecule has 0 saturated heterocycles. The first-order chi connectivity index (χ1) is 16.9. The maximum atomic E-state index is 12.3. The molecule has 0 bridgehead atoms. The van der Waals surface area contributed by atoms with Gasteiger partial charge in [-0.1, -0.05) is 29.8 Å². The monoisotopic (exact) mass is 539 g/mol. The fourth-order valence-corrected chi connectivity index (χ4v) is 3.53. The number of halogens is 1. The summed E-state index contributed by atoms with van der Waals surface area (Å²) in [6, 6.07) is 18.4. The maximum Gasteiger partial charge on any atom is 0.259 e. The van der Waals surface area contributed by atoms with E-state index in [2.05, 4.69) is 31.8 Å². The van der Waals surface area contributed by atoms with Crippen LogP contribution in [0.2, 0.25) is 0 Å². The van der Waals surface area contributed by atoms with E-state index in [1.165, 1.54) is 32.1 Å². The second-order valence-corrected chi connectivity index (χ2v) is 8.36. The van der Waals surface area contributed by atoms with Crippen LogP contribution in [0.15, 0.2) is 70.2 Å². The summed E-state index contributed by atoms with van der Waals surface area (Å²) in [5.41, 5.74) is 5.77. The molecular weight excluding hydrogens is 514 g/mol. The molecule has 0 unspecified atom stereocenters. The number of amides is 2. The lowest BCUT2D eigenvalue weighted by Crippen LogP contribution is -2.34. The molecule has 0 atom stereocenters. The summed E-state index contributed by atoms with van der Waals surface area (Å²) >= 11 is 3.50. The number of rotatable bonds is 10. The summed E-state index contributed by atoms with van der Waals surface area (Å²) in [7, 11) is 2.99. The summed E-state index contributed by atoms with van der Waals surface area (Å²) in [5, 5.41) is 6.48. The second kappa shape index (κ2) is 12.6. The van der Waals surface area contributed by atoms with Gasteiger partial charge in [-0.05, 0) is 70.4 Å². The Morgan fingerprint density at radius 2 is 1.66 bits per heavy atom. The number of carbonyl (C=O) groups is 2. The quantitative estimate of drug-likeness (QED) is 0.296. The molecule has 0 aliphatic carbocycles. The summed E-state index contributed by atoms with van der Waals surface area (Å²) in [5.74, 6) is 0.743. The highest BCUT2D eigenvalue weighted by Gasteiger charge is 2.12. The van der Waals surface area contributed by atoms with E-state index in [-0.39, 0.29) is 6.54 Å². The Balaban J connectivity index is 1.47. The number of benzene rings is 3. The van der Waals surface area contributed by atoms with Crippen molar-refractivity contribution in [1.29, 1.82) is 0 Å². The molecule has 0 aliphatic rings. The van der Waals surface area contributed by atoms with Gasteiger partial charge in [0.25, 0.3) is 11.8 Å². The number of hydrogen-bond acceptors (Lipinski definition) is 6. The zero-order chi connectivity index (χ0) is 25.2. The van der Waals surface area contributed by atoms with Crippen molar-refractivity contribution in [3.63, 3.8) is 0 Å². The van der Waals surface area contributed by atoms with Crippen LogP contribution < -0.4 is 25.0 Å². The molecule has 0 fully saturated rings. The Morgan fingerprint density at radius 1 is 0.943 bits per heavy atom. The Kier molecular flexibility index (Phi) is 9.25. The molecule has 0 spiro atoms. The third-order valence-electron chi connectivity index (χ3n) is 4.93. The SMILES string of the molecule is COc1ccc(C(=O)NCC(=O)NN=Cc2ccc(OCc3ccc(C)cc3)c(Br)c2)cc1OC. The van der Waals surface area contributed by atoms with Crippen molar-refractivity contribution < 1.29 is 23.8 Å². The number of methoxy groups -OCH3 is 2. The predicted molar refractivity (Wildman–Crippen MR) is 137 cm³/mol. The van der Waals surface area contributed by atoms with E-state index in [1.807, 2.05) is 49.4 Å². The molecule has 0 saturated carbocycles. The number of nitrogens with zero attached hydrogens (tertiary/aromatic N) is 1. The summed E-state index contributed by atoms with van der Waals surface area (Å²) in [4.78, 5) is 24.3. The molecular formula is C26H26BrN3O5. The highest BCUT2D eigenvalue weighted by Crippen LogP contribution is 2.28. The van der Waals surface area contributed by atoms with Gasteiger partial charge in [0.2, 0.25) is 0 Å². The van der Waals surface area contributed by atoms with Crippen molar-refractivity contribution in [3.05, 3.63) is 87.4 Å². The van der Waals surface area contributed by atoms with Crippen molar-refractivity contribution in [2.75, 3.05) is 20.8 Å². The Morgan fingerprint density at radius 3 is 2.34 bits per heavy atom. The van der Waals surface area contributed by atoms with E-state index in [0.717, 1.165) is 15.6 Å². The molecule has 2 amide bonds. The third kappa shape index (κ3) is 7.58. The van der Waals surface area contributed by atoms with E-state index >= 15 is 0 Å². The average Bonchev–Trinajstić information content (AvgIpc) is 2.87. The van der Waals surface area contributed by atoms with Crippen molar-refractivity contribution in [2.45, 2.75) is 13.5 Å². The van der Waals surface area contributed by atoms with Gasteiger partial charge in [-0.25, -0.2) is 5.43 Å². The highest BCUT2D eigenvalue weighted by molar-refractivity contribution is 9.10. The molecule has 3 aromatic rings. The molecule has 0 heterocycles. The van der Waals surface area contributed by atoms with Crippen LogP contribution in [-0.4, -0.2) is 38.8 Å². The summed E-state index contributed by atoms with van der Waals surface area (Å²) < 4.78 is 17.0. The van der Waals surface area contributed by atoms with Crippen LogP contribution in [0, 0.1) is 6.92 Å². The molecule has 9 heteroatoms. The van der Waals surface area contributed by atoms with Crippen LogP contribution in [0.5, 0.6) is 17.2 Å². The van der Waals surface area contributed by atoms with Gasteiger partial charge in [0.15, 0.2) is 11.5 Å². The van der Waals surface area contributed by atoms with Gasteiger partial charge < -0.3 is 19.5 Å². The zero-order valence-electron chi connectivity index (χ0n) is 19.6. The zero-order valence-corrected chi connectivity index (χ0v) is 21.2. The van der Waals surface area contributed by atoms with E-state index in [0.29, 0.717) is 29.4 Å². The number of nitrogens with one attached hydrogen (secondary N) is 2. The van der Waals surface area contributed by atoms with Gasteiger partial charge in [-0.3, -0.25) is 9.59 Å². The van der Waals surface area contributed by atoms with Gasteiger partial charge in [-0.2, -0.15) is 5.10 Å².